The molecule has 0 aromatic heterocycles. The van der Waals surface area contributed by atoms with Gasteiger partial charge in [0.05, 0.1) is 12.1 Å². The molecular formula is C15H20N2O4. The second-order valence-corrected chi connectivity index (χ2v) is 5.36. The molecular weight excluding hydrogens is 272 g/mol. The molecule has 3 atom stereocenters. The number of aliphatic hydroxyl groups excluding tert-OH is 1. The highest BCUT2D eigenvalue weighted by Gasteiger charge is 2.40. The molecule has 1 aromatic rings. The number of likely N-dealkylation sites (tertiary alicyclic amines) is 1. The van der Waals surface area contributed by atoms with E-state index in [0.717, 1.165) is 5.56 Å². The molecule has 0 bridgehead atoms. The van der Waals surface area contributed by atoms with Crippen LogP contribution in [0.15, 0.2) is 30.3 Å². The molecule has 0 aliphatic carbocycles. The van der Waals surface area contributed by atoms with Gasteiger partial charge in [-0.05, 0) is 18.4 Å². The molecule has 1 aliphatic heterocycles. The van der Waals surface area contributed by atoms with Gasteiger partial charge in [-0.15, -0.1) is 0 Å². The van der Waals surface area contributed by atoms with Gasteiger partial charge < -0.3 is 20.8 Å². The highest BCUT2D eigenvalue weighted by Crippen LogP contribution is 2.19. The zero-order chi connectivity index (χ0) is 15.4. The first kappa shape index (κ1) is 15.5. The Morgan fingerprint density at radius 2 is 2.00 bits per heavy atom. The molecule has 1 amide bonds. The van der Waals surface area contributed by atoms with E-state index in [1.807, 2.05) is 30.3 Å². The molecule has 2 rings (SSSR count). The molecule has 0 saturated carbocycles. The third-order valence-electron chi connectivity index (χ3n) is 3.75. The Morgan fingerprint density at radius 1 is 1.33 bits per heavy atom. The number of hydrogen-bond donors (Lipinski definition) is 3. The Bertz CT molecular complexity index is 506. The van der Waals surface area contributed by atoms with Crippen molar-refractivity contribution in [2.75, 3.05) is 6.54 Å². The van der Waals surface area contributed by atoms with Crippen molar-refractivity contribution in [3.8, 4) is 0 Å². The summed E-state index contributed by atoms with van der Waals surface area (Å²) >= 11 is 0. The summed E-state index contributed by atoms with van der Waals surface area (Å²) in [6.45, 7) is 0.0365. The van der Waals surface area contributed by atoms with Crippen LogP contribution >= 0.6 is 0 Å². The lowest BCUT2D eigenvalue weighted by Crippen LogP contribution is -2.48. The van der Waals surface area contributed by atoms with E-state index in [1.165, 1.54) is 4.90 Å². The van der Waals surface area contributed by atoms with Gasteiger partial charge in [0, 0.05) is 13.0 Å². The van der Waals surface area contributed by atoms with Crippen molar-refractivity contribution in [3.63, 3.8) is 0 Å². The standard InChI is InChI=1S/C15H20N2O4/c16-12(7-6-10-4-2-1-3-5-10)14(19)17-9-11(18)8-13(17)15(20)21/h1-5,11-13,18H,6-9,16H2,(H,20,21). The molecule has 0 spiro atoms. The molecule has 114 valence electrons. The van der Waals surface area contributed by atoms with Crippen molar-refractivity contribution >= 4 is 11.9 Å². The Balaban J connectivity index is 1.94. The van der Waals surface area contributed by atoms with E-state index < -0.39 is 30.1 Å². The number of carbonyl (C=O) groups excluding carboxylic acids is 1. The first-order valence-corrected chi connectivity index (χ1v) is 7.00. The zero-order valence-electron chi connectivity index (χ0n) is 11.7. The van der Waals surface area contributed by atoms with Crippen LogP contribution in [0.25, 0.3) is 0 Å². The first-order valence-electron chi connectivity index (χ1n) is 7.00. The number of carboxylic acids is 1. The Kier molecular flexibility index (Phi) is 4.93. The lowest BCUT2D eigenvalue weighted by atomic mass is 10.0. The van der Waals surface area contributed by atoms with E-state index in [0.29, 0.717) is 12.8 Å². The summed E-state index contributed by atoms with van der Waals surface area (Å²) < 4.78 is 0. The van der Waals surface area contributed by atoms with Crippen LogP contribution in [-0.2, 0) is 16.0 Å². The predicted octanol–water partition coefficient (Wildman–Crippen LogP) is -0.00710. The van der Waals surface area contributed by atoms with E-state index in [2.05, 4.69) is 0 Å². The number of nitrogens with two attached hydrogens (primary N) is 1. The Hall–Kier alpha value is -1.92. The van der Waals surface area contributed by atoms with Gasteiger partial charge in [-0.2, -0.15) is 0 Å². The average molecular weight is 292 g/mol. The van der Waals surface area contributed by atoms with Gasteiger partial charge in [-0.25, -0.2) is 4.79 Å². The molecule has 6 nitrogen and oxygen atoms in total. The van der Waals surface area contributed by atoms with Crippen LogP contribution in [0.2, 0.25) is 0 Å². The SMILES string of the molecule is NC(CCc1ccccc1)C(=O)N1CC(O)CC1C(=O)O. The van der Waals surface area contributed by atoms with Crippen molar-refractivity contribution in [2.45, 2.75) is 37.5 Å². The van der Waals surface area contributed by atoms with Gasteiger partial charge in [0.25, 0.3) is 0 Å². The second-order valence-electron chi connectivity index (χ2n) is 5.36. The topological polar surface area (TPSA) is 104 Å². The number of hydrogen-bond acceptors (Lipinski definition) is 4. The van der Waals surface area contributed by atoms with Gasteiger partial charge in [0.15, 0.2) is 0 Å². The van der Waals surface area contributed by atoms with Gasteiger partial charge in [-0.3, -0.25) is 4.79 Å². The summed E-state index contributed by atoms with van der Waals surface area (Å²) in [5.41, 5.74) is 6.97. The van der Waals surface area contributed by atoms with Crippen LogP contribution in [-0.4, -0.2) is 51.7 Å². The zero-order valence-corrected chi connectivity index (χ0v) is 11.7. The molecule has 6 heteroatoms. The van der Waals surface area contributed by atoms with E-state index in [9.17, 15) is 14.7 Å². The van der Waals surface area contributed by atoms with Crippen molar-refractivity contribution in [3.05, 3.63) is 35.9 Å². The Morgan fingerprint density at radius 3 is 2.62 bits per heavy atom. The van der Waals surface area contributed by atoms with Crippen molar-refractivity contribution in [1.82, 2.24) is 4.90 Å². The maximum atomic E-state index is 12.3. The number of aliphatic hydroxyl groups is 1. The fourth-order valence-corrected chi connectivity index (χ4v) is 2.59. The third kappa shape index (κ3) is 3.80. The number of amides is 1. The molecule has 1 fully saturated rings. The van der Waals surface area contributed by atoms with Crippen LogP contribution in [0.4, 0.5) is 0 Å². The summed E-state index contributed by atoms with van der Waals surface area (Å²) in [6, 6.07) is 7.93. The quantitative estimate of drug-likeness (QED) is 0.708. The van der Waals surface area contributed by atoms with E-state index in [1.54, 1.807) is 0 Å². The summed E-state index contributed by atoms with van der Waals surface area (Å²) in [4.78, 5) is 24.6. The maximum absolute atomic E-state index is 12.3. The summed E-state index contributed by atoms with van der Waals surface area (Å²) in [7, 11) is 0. The minimum Gasteiger partial charge on any atom is -0.480 e. The maximum Gasteiger partial charge on any atom is 0.326 e. The summed E-state index contributed by atoms with van der Waals surface area (Å²) in [6.07, 6.45) is 0.368. The number of β-amino-alcohol motifs (C(OH)–C–C–N with tert-alkyl or cyclic N) is 1. The highest BCUT2D eigenvalue weighted by atomic mass is 16.4. The lowest BCUT2D eigenvalue weighted by molar-refractivity contribution is -0.148. The highest BCUT2D eigenvalue weighted by molar-refractivity contribution is 5.87. The van der Waals surface area contributed by atoms with Gasteiger partial charge in [0.1, 0.15) is 6.04 Å². The summed E-state index contributed by atoms with van der Waals surface area (Å²) in [5.74, 6) is -1.51. The largest absolute Gasteiger partial charge is 0.480 e. The van der Waals surface area contributed by atoms with Crippen molar-refractivity contribution in [1.29, 1.82) is 0 Å². The normalized spacial score (nSPS) is 23.0. The van der Waals surface area contributed by atoms with Gasteiger partial charge >= 0.3 is 5.97 Å². The number of rotatable bonds is 5. The number of aliphatic carboxylic acids is 1. The predicted molar refractivity (Wildman–Crippen MR) is 76.5 cm³/mol. The molecule has 1 aromatic carbocycles. The van der Waals surface area contributed by atoms with Crippen molar-refractivity contribution < 1.29 is 19.8 Å². The minimum atomic E-state index is -1.10. The van der Waals surface area contributed by atoms with E-state index >= 15 is 0 Å². The van der Waals surface area contributed by atoms with Gasteiger partial charge in [0.2, 0.25) is 5.91 Å². The van der Waals surface area contributed by atoms with Crippen LogP contribution in [0, 0.1) is 0 Å². The van der Waals surface area contributed by atoms with E-state index in [4.69, 9.17) is 10.8 Å². The number of benzene rings is 1. The number of nitrogens with zero attached hydrogens (tertiary/aromatic N) is 1. The number of carboxylic acid groups (broad SMARTS) is 1. The smallest absolute Gasteiger partial charge is 0.326 e. The molecule has 1 heterocycles. The van der Waals surface area contributed by atoms with E-state index in [-0.39, 0.29) is 13.0 Å². The summed E-state index contributed by atoms with van der Waals surface area (Å²) in [5, 5.41) is 18.7. The average Bonchev–Trinajstić information content (AvgIpc) is 2.87. The molecule has 1 saturated heterocycles. The lowest BCUT2D eigenvalue weighted by Gasteiger charge is -2.24. The number of carbonyl (C=O) groups is 2. The molecule has 4 N–H and O–H groups in total. The molecule has 21 heavy (non-hydrogen) atoms. The number of aryl methyl sites for hydroxylation is 1. The molecule has 3 unspecified atom stereocenters. The van der Waals surface area contributed by atoms with Crippen LogP contribution in [0.5, 0.6) is 0 Å². The second kappa shape index (κ2) is 6.69. The van der Waals surface area contributed by atoms with Gasteiger partial charge in [-0.1, -0.05) is 30.3 Å². The monoisotopic (exact) mass is 292 g/mol. The first-order chi connectivity index (χ1) is 9.99. The molecule has 0 radical (unpaired) electrons. The minimum absolute atomic E-state index is 0.0365. The third-order valence-corrected chi connectivity index (χ3v) is 3.75. The molecule has 1 aliphatic rings. The fraction of sp³-hybridized carbons (Fsp3) is 0.467. The van der Waals surface area contributed by atoms with Crippen LogP contribution in [0.1, 0.15) is 18.4 Å². The van der Waals surface area contributed by atoms with Crippen LogP contribution in [0.3, 0.4) is 0 Å². The van der Waals surface area contributed by atoms with Crippen molar-refractivity contribution in [2.24, 2.45) is 5.73 Å². The Labute approximate surface area is 123 Å². The fourth-order valence-electron chi connectivity index (χ4n) is 2.59. The van der Waals surface area contributed by atoms with Crippen LogP contribution < -0.4 is 5.73 Å².